The highest BCUT2D eigenvalue weighted by Gasteiger charge is 2.44. The first-order valence-corrected chi connectivity index (χ1v) is 17.0. The van der Waals surface area contributed by atoms with Crippen LogP contribution in [-0.2, 0) is 9.59 Å². The van der Waals surface area contributed by atoms with Gasteiger partial charge in [-0.2, -0.15) is 8.78 Å². The van der Waals surface area contributed by atoms with E-state index in [2.05, 4.69) is 36.8 Å². The van der Waals surface area contributed by atoms with E-state index >= 15 is 0 Å². The van der Waals surface area contributed by atoms with Gasteiger partial charge in [0.1, 0.15) is 6.04 Å². The first-order valence-electron chi connectivity index (χ1n) is 17.0. The number of carbonyl (C=O) groups excluding carboxylic acids is 4. The summed E-state index contributed by atoms with van der Waals surface area (Å²) in [7, 11) is 0. The fraction of sp³-hybridized carbons (Fsp3) is 0.378. The van der Waals surface area contributed by atoms with E-state index in [-0.39, 0.29) is 29.9 Å². The highest BCUT2D eigenvalue weighted by Crippen LogP contribution is 2.36. The third kappa shape index (κ3) is 5.63. The number of nitrogens with zero attached hydrogens (tertiary/aromatic N) is 6. The van der Waals surface area contributed by atoms with Gasteiger partial charge in [0.2, 0.25) is 11.8 Å². The number of benzene rings is 2. The number of amides is 4. The van der Waals surface area contributed by atoms with Crippen LogP contribution in [0.1, 0.15) is 52.9 Å². The third-order valence-corrected chi connectivity index (χ3v) is 10.4. The number of alkyl halides is 2. The maximum Gasteiger partial charge on any atom is 0.319 e. The normalized spacial score (nSPS) is 20.5. The minimum absolute atomic E-state index is 0.0831. The Balaban J connectivity index is 0.841. The Morgan fingerprint density at radius 2 is 1.52 bits per heavy atom. The van der Waals surface area contributed by atoms with Crippen LogP contribution >= 0.6 is 0 Å². The quantitative estimate of drug-likeness (QED) is 0.249. The number of aromatic nitrogens is 2. The van der Waals surface area contributed by atoms with Gasteiger partial charge in [-0.25, -0.2) is 0 Å². The topological polar surface area (TPSA) is 111 Å². The monoisotopic (exact) mass is 679 g/mol. The molecule has 2 aromatic heterocycles. The van der Waals surface area contributed by atoms with E-state index in [0.29, 0.717) is 17.6 Å². The molecule has 8 rings (SSSR count). The average molecular weight is 680 g/mol. The Morgan fingerprint density at radius 1 is 0.800 bits per heavy atom. The molecule has 256 valence electrons. The molecule has 1 atom stereocenters. The largest absolute Gasteiger partial charge is 0.371 e. The summed E-state index contributed by atoms with van der Waals surface area (Å²) in [5, 5.41) is 3.72. The number of fused-ring (bicyclic) bond motifs is 4. The van der Waals surface area contributed by atoms with Gasteiger partial charge in [0.05, 0.1) is 28.7 Å². The van der Waals surface area contributed by atoms with Crippen molar-refractivity contribution in [2.24, 2.45) is 5.92 Å². The van der Waals surface area contributed by atoms with Crippen LogP contribution in [0.5, 0.6) is 0 Å². The van der Waals surface area contributed by atoms with Gasteiger partial charge in [0.15, 0.2) is 0 Å². The van der Waals surface area contributed by atoms with Crippen LogP contribution in [0.25, 0.3) is 21.8 Å². The van der Waals surface area contributed by atoms with Gasteiger partial charge in [-0.3, -0.25) is 43.8 Å². The minimum Gasteiger partial charge on any atom is -0.371 e. The lowest BCUT2D eigenvalue weighted by atomic mass is 9.97. The predicted molar refractivity (Wildman–Crippen MR) is 183 cm³/mol. The number of hydrogen-bond acceptors (Lipinski definition) is 8. The molecule has 13 heteroatoms. The van der Waals surface area contributed by atoms with E-state index in [1.807, 2.05) is 24.3 Å². The van der Waals surface area contributed by atoms with E-state index in [9.17, 15) is 28.0 Å². The summed E-state index contributed by atoms with van der Waals surface area (Å²) in [6.07, 6.45) is 5.20. The van der Waals surface area contributed by atoms with Crippen LogP contribution in [0, 0.1) is 17.8 Å². The number of piperidine rings is 2. The molecule has 50 heavy (non-hydrogen) atoms. The average Bonchev–Trinajstić information content (AvgIpc) is 3.59. The molecular weight excluding hydrogens is 644 g/mol. The first kappa shape index (κ1) is 31.9. The lowest BCUT2D eigenvalue weighted by Crippen LogP contribution is -2.54. The number of rotatable bonds is 5. The third-order valence-electron chi connectivity index (χ3n) is 10.4. The van der Waals surface area contributed by atoms with E-state index in [1.54, 1.807) is 30.6 Å². The molecule has 4 aliphatic rings. The van der Waals surface area contributed by atoms with Gasteiger partial charge in [-0.05, 0) is 55.7 Å². The van der Waals surface area contributed by atoms with Crippen LogP contribution in [0.2, 0.25) is 0 Å². The number of halogens is 2. The molecule has 0 saturated carbocycles. The van der Waals surface area contributed by atoms with Gasteiger partial charge in [0, 0.05) is 86.1 Å². The van der Waals surface area contributed by atoms with E-state index in [1.165, 1.54) is 0 Å². The maximum atomic E-state index is 14.1. The van der Waals surface area contributed by atoms with Crippen molar-refractivity contribution in [2.75, 3.05) is 55.6 Å². The number of pyridine rings is 1. The van der Waals surface area contributed by atoms with Gasteiger partial charge in [-0.1, -0.05) is 17.9 Å². The summed E-state index contributed by atoms with van der Waals surface area (Å²) in [4.78, 5) is 62.1. The Bertz CT molecular complexity index is 2100. The number of hydrogen-bond donors (Lipinski definition) is 1. The SMILES string of the molecule is O=C1CCC(N2C(=O)c3ccc(N4CCN(CC#CC5CCN(c6ccc7c8cnccc8n(C(F)F)c7c6)CC5)CC4)cc3C2=O)C(=O)N1. The Hall–Kier alpha value is -5.35. The maximum absolute atomic E-state index is 14.1. The zero-order chi connectivity index (χ0) is 34.5. The summed E-state index contributed by atoms with van der Waals surface area (Å²) < 4.78 is 29.2. The minimum atomic E-state index is -2.65. The van der Waals surface area contributed by atoms with Crippen LogP contribution in [-0.4, -0.2) is 94.8 Å². The van der Waals surface area contributed by atoms with Crippen LogP contribution < -0.4 is 15.1 Å². The van der Waals surface area contributed by atoms with Crippen molar-refractivity contribution < 1.29 is 28.0 Å². The lowest BCUT2D eigenvalue weighted by molar-refractivity contribution is -0.136. The zero-order valence-electron chi connectivity index (χ0n) is 27.3. The first-order chi connectivity index (χ1) is 24.3. The number of nitrogens with one attached hydrogen (secondary N) is 1. The van der Waals surface area contributed by atoms with Crippen molar-refractivity contribution in [1.82, 2.24) is 24.7 Å². The second kappa shape index (κ2) is 12.8. The molecule has 2 aromatic carbocycles. The highest BCUT2D eigenvalue weighted by molar-refractivity contribution is 6.23. The second-order valence-electron chi connectivity index (χ2n) is 13.3. The molecule has 0 bridgehead atoms. The van der Waals surface area contributed by atoms with Crippen molar-refractivity contribution in [3.8, 4) is 11.8 Å². The summed E-state index contributed by atoms with van der Waals surface area (Å²) >= 11 is 0. The molecule has 0 aliphatic carbocycles. The molecule has 3 fully saturated rings. The molecule has 3 saturated heterocycles. The molecule has 11 nitrogen and oxygen atoms in total. The smallest absolute Gasteiger partial charge is 0.319 e. The fourth-order valence-corrected chi connectivity index (χ4v) is 7.69. The molecule has 4 aromatic rings. The van der Waals surface area contributed by atoms with Crippen molar-refractivity contribution >= 4 is 56.8 Å². The number of imide groups is 2. The van der Waals surface area contributed by atoms with Crippen molar-refractivity contribution in [3.05, 3.63) is 66.0 Å². The second-order valence-corrected chi connectivity index (χ2v) is 13.3. The highest BCUT2D eigenvalue weighted by atomic mass is 19.3. The van der Waals surface area contributed by atoms with Gasteiger partial charge in [0.25, 0.3) is 11.8 Å². The van der Waals surface area contributed by atoms with Gasteiger partial charge < -0.3 is 9.80 Å². The van der Waals surface area contributed by atoms with Crippen LogP contribution in [0.3, 0.4) is 0 Å². The molecule has 0 spiro atoms. The Kier molecular flexibility index (Phi) is 8.19. The van der Waals surface area contributed by atoms with E-state index in [4.69, 9.17) is 0 Å². The number of carbonyl (C=O) groups is 4. The van der Waals surface area contributed by atoms with Gasteiger partial charge in [-0.15, -0.1) is 0 Å². The lowest BCUT2D eigenvalue weighted by Gasteiger charge is -2.35. The van der Waals surface area contributed by atoms with Crippen LogP contribution in [0.15, 0.2) is 54.9 Å². The molecule has 4 aliphatic heterocycles. The molecule has 1 unspecified atom stereocenters. The van der Waals surface area contributed by atoms with Crippen molar-refractivity contribution in [2.45, 2.75) is 38.3 Å². The van der Waals surface area contributed by atoms with E-state index < -0.39 is 36.2 Å². The summed E-state index contributed by atoms with van der Waals surface area (Å²) in [6.45, 7) is 2.71. The predicted octanol–water partition coefficient (Wildman–Crippen LogP) is 4.03. The zero-order valence-corrected chi connectivity index (χ0v) is 27.3. The molecule has 6 heterocycles. The summed E-state index contributed by atoms with van der Waals surface area (Å²) in [5.74, 6) is 5.10. The Morgan fingerprint density at radius 3 is 2.28 bits per heavy atom. The van der Waals surface area contributed by atoms with Crippen LogP contribution in [0.4, 0.5) is 20.2 Å². The summed E-state index contributed by atoms with van der Waals surface area (Å²) in [5.41, 5.74) is 3.34. The van der Waals surface area contributed by atoms with Crippen molar-refractivity contribution in [1.29, 1.82) is 0 Å². The number of piperazine rings is 1. The van der Waals surface area contributed by atoms with E-state index in [0.717, 1.165) is 83.7 Å². The Labute approximate surface area is 286 Å². The number of anilines is 2. The molecule has 4 amide bonds. The molecular formula is C37H35F2N7O4. The fourth-order valence-electron chi connectivity index (χ4n) is 7.69. The van der Waals surface area contributed by atoms with Gasteiger partial charge >= 0.3 is 6.55 Å². The van der Waals surface area contributed by atoms with Crippen molar-refractivity contribution in [3.63, 3.8) is 0 Å². The summed E-state index contributed by atoms with van der Waals surface area (Å²) in [6, 6.07) is 11.7. The molecule has 1 N–H and O–H groups in total. The standard InChI is InChI=1S/C37H35F2N7O4/c38-37(39)45-30-9-12-40-22-29(30)26-5-3-25(21-32(26)45)43-14-10-23(11-15-43)2-1-13-42-16-18-44(19-17-42)24-4-6-27-28(20-24)36(50)46(35(27)49)31-7-8-33(47)41-34(31)48/h3-6,9,12,20-23,31,37H,7-8,10-11,13-19H2,(H,41,47,48). The molecule has 0 radical (unpaired) electrons.